The predicted molar refractivity (Wildman–Crippen MR) is 103 cm³/mol. The zero-order chi connectivity index (χ0) is 19.3. The second-order valence-corrected chi connectivity index (χ2v) is 8.08. The van der Waals surface area contributed by atoms with Gasteiger partial charge in [-0.2, -0.15) is 0 Å². The van der Waals surface area contributed by atoms with Gasteiger partial charge >= 0.3 is 0 Å². The van der Waals surface area contributed by atoms with Gasteiger partial charge in [-0.1, -0.05) is 24.3 Å². The monoisotopic (exact) mass is 377 g/mol. The molecule has 2 aromatic carbocycles. The van der Waals surface area contributed by atoms with Gasteiger partial charge in [0.25, 0.3) is 0 Å². The Labute approximate surface area is 164 Å². The smallest absolute Gasteiger partial charge is 0.224 e. The number of nitrogens with one attached hydrogen (secondary N) is 1. The van der Waals surface area contributed by atoms with E-state index in [1.165, 1.54) is 0 Å². The fraction of sp³-hybridized carbons (Fsp3) is 0.391. The second-order valence-electron chi connectivity index (χ2n) is 8.08. The van der Waals surface area contributed by atoms with Crippen LogP contribution in [0.25, 0.3) is 0 Å². The first kappa shape index (κ1) is 17.3. The average Bonchev–Trinajstić information content (AvgIpc) is 3.37. The molecule has 2 fully saturated rings. The van der Waals surface area contributed by atoms with Gasteiger partial charge in [-0.15, -0.1) is 0 Å². The number of methoxy groups -OCH3 is 1. The second kappa shape index (κ2) is 6.36. The van der Waals surface area contributed by atoms with Gasteiger partial charge in [0.15, 0.2) is 5.78 Å². The van der Waals surface area contributed by atoms with E-state index in [0.717, 1.165) is 24.2 Å². The van der Waals surface area contributed by atoms with Crippen LogP contribution in [-0.2, 0) is 11.3 Å². The van der Waals surface area contributed by atoms with Crippen molar-refractivity contribution in [2.45, 2.75) is 31.4 Å². The number of Topliss-reactive ketones (excluding diaryl/α,β-unsaturated/α-hetero) is 1. The lowest BCUT2D eigenvalue weighted by Crippen LogP contribution is -2.44. The maximum atomic E-state index is 12.8. The van der Waals surface area contributed by atoms with Crippen LogP contribution in [0, 0.1) is 17.8 Å². The van der Waals surface area contributed by atoms with E-state index in [0.29, 0.717) is 30.2 Å². The molecule has 0 saturated heterocycles. The summed E-state index contributed by atoms with van der Waals surface area (Å²) in [6.07, 6.45) is 2.18. The van der Waals surface area contributed by atoms with Crippen molar-refractivity contribution in [1.82, 2.24) is 5.32 Å². The van der Waals surface area contributed by atoms with Gasteiger partial charge in [0.05, 0.1) is 19.1 Å². The van der Waals surface area contributed by atoms with Gasteiger partial charge in [0, 0.05) is 18.4 Å². The minimum Gasteiger partial charge on any atom is -0.497 e. The molecule has 1 aliphatic heterocycles. The van der Waals surface area contributed by atoms with Gasteiger partial charge in [-0.3, -0.25) is 9.59 Å². The Kier molecular flexibility index (Phi) is 3.93. The van der Waals surface area contributed by atoms with Crippen molar-refractivity contribution in [2.75, 3.05) is 7.11 Å². The molecule has 144 valence electrons. The van der Waals surface area contributed by atoms with E-state index in [1.54, 1.807) is 7.11 Å². The Morgan fingerprint density at radius 1 is 1.21 bits per heavy atom. The summed E-state index contributed by atoms with van der Waals surface area (Å²) in [5, 5.41) is 3.06. The largest absolute Gasteiger partial charge is 0.497 e. The SMILES string of the molecule is COc1ccc(CNC(=O)C2C3CCC4(CC(=O)c5ccccc5O4)C32)cc1. The van der Waals surface area contributed by atoms with Crippen molar-refractivity contribution < 1.29 is 19.1 Å². The molecule has 1 heterocycles. The van der Waals surface area contributed by atoms with Gasteiger partial charge < -0.3 is 14.8 Å². The fourth-order valence-electron chi connectivity index (χ4n) is 5.17. The third-order valence-electron chi connectivity index (χ3n) is 6.57. The number of amides is 1. The number of hydrogen-bond donors (Lipinski definition) is 1. The van der Waals surface area contributed by atoms with Crippen LogP contribution in [0.4, 0.5) is 0 Å². The third kappa shape index (κ3) is 2.68. The molecule has 5 heteroatoms. The molecular formula is C23H23NO4. The zero-order valence-corrected chi connectivity index (χ0v) is 15.8. The Balaban J connectivity index is 1.27. The van der Waals surface area contributed by atoms with Gasteiger partial charge in [0.2, 0.25) is 5.91 Å². The van der Waals surface area contributed by atoms with Crippen molar-refractivity contribution >= 4 is 11.7 Å². The number of para-hydroxylation sites is 1. The van der Waals surface area contributed by atoms with Gasteiger partial charge in [-0.05, 0) is 48.6 Å². The number of fused-ring (bicyclic) bond motifs is 3. The highest BCUT2D eigenvalue weighted by molar-refractivity contribution is 6.00. The molecule has 1 amide bonds. The first-order chi connectivity index (χ1) is 13.6. The van der Waals surface area contributed by atoms with E-state index < -0.39 is 5.60 Å². The number of ether oxygens (including phenoxy) is 2. The molecule has 1 N–H and O–H groups in total. The van der Waals surface area contributed by atoms with Crippen molar-refractivity contribution in [1.29, 1.82) is 0 Å². The predicted octanol–water partition coefficient (Wildman–Crippen LogP) is 3.37. The molecule has 1 spiro atoms. The average molecular weight is 377 g/mol. The molecule has 0 aromatic heterocycles. The molecule has 4 atom stereocenters. The summed E-state index contributed by atoms with van der Waals surface area (Å²) < 4.78 is 11.5. The van der Waals surface area contributed by atoms with Crippen LogP contribution in [0.15, 0.2) is 48.5 Å². The lowest BCUT2D eigenvalue weighted by Gasteiger charge is -2.37. The van der Waals surface area contributed by atoms with Crippen molar-refractivity contribution in [3.05, 3.63) is 59.7 Å². The fourth-order valence-corrected chi connectivity index (χ4v) is 5.17. The Morgan fingerprint density at radius 3 is 2.79 bits per heavy atom. The van der Waals surface area contributed by atoms with Crippen LogP contribution in [0.2, 0.25) is 0 Å². The highest BCUT2D eigenvalue weighted by Gasteiger charge is 2.70. The molecule has 5 rings (SSSR count). The number of rotatable bonds is 4. The van der Waals surface area contributed by atoms with Crippen LogP contribution in [-0.4, -0.2) is 24.4 Å². The maximum absolute atomic E-state index is 12.8. The number of ketones is 1. The van der Waals surface area contributed by atoms with Crippen molar-refractivity contribution in [3.8, 4) is 11.5 Å². The molecule has 5 nitrogen and oxygen atoms in total. The standard InChI is InChI=1S/C23H23NO4/c1-27-15-8-6-14(7-9-15)13-24-22(26)20-17-10-11-23(21(17)20)12-18(25)16-4-2-3-5-19(16)28-23/h2-9,17,20-21H,10-13H2,1H3,(H,24,26). The Hall–Kier alpha value is -2.82. The summed E-state index contributed by atoms with van der Waals surface area (Å²) in [6, 6.07) is 15.1. The van der Waals surface area contributed by atoms with E-state index in [9.17, 15) is 9.59 Å². The van der Waals surface area contributed by atoms with E-state index in [4.69, 9.17) is 9.47 Å². The molecule has 3 aliphatic rings. The molecule has 0 bridgehead atoms. The third-order valence-corrected chi connectivity index (χ3v) is 6.57. The lowest BCUT2D eigenvalue weighted by molar-refractivity contribution is -0.124. The number of carbonyl (C=O) groups is 2. The molecule has 2 saturated carbocycles. The van der Waals surface area contributed by atoms with E-state index >= 15 is 0 Å². The van der Waals surface area contributed by atoms with Crippen LogP contribution in [0.5, 0.6) is 11.5 Å². The van der Waals surface area contributed by atoms with Crippen molar-refractivity contribution in [3.63, 3.8) is 0 Å². The van der Waals surface area contributed by atoms with Crippen LogP contribution in [0.3, 0.4) is 0 Å². The Morgan fingerprint density at radius 2 is 2.00 bits per heavy atom. The first-order valence-corrected chi connectivity index (χ1v) is 9.83. The minimum atomic E-state index is -0.502. The molecule has 2 aromatic rings. The highest BCUT2D eigenvalue weighted by Crippen LogP contribution is 2.65. The zero-order valence-electron chi connectivity index (χ0n) is 15.8. The van der Waals surface area contributed by atoms with E-state index in [-0.39, 0.29) is 23.5 Å². The topological polar surface area (TPSA) is 64.6 Å². The molecule has 2 aliphatic carbocycles. The minimum absolute atomic E-state index is 0.0509. The Bertz CT molecular complexity index is 938. The number of hydrogen-bond acceptors (Lipinski definition) is 4. The van der Waals surface area contributed by atoms with Crippen LogP contribution in [0.1, 0.15) is 35.2 Å². The quantitative estimate of drug-likeness (QED) is 0.887. The summed E-state index contributed by atoms with van der Waals surface area (Å²) in [5.74, 6) is 2.09. The van der Waals surface area contributed by atoms with Crippen LogP contribution >= 0.6 is 0 Å². The molecular weight excluding hydrogens is 354 g/mol. The van der Waals surface area contributed by atoms with E-state index in [2.05, 4.69) is 5.32 Å². The lowest BCUT2D eigenvalue weighted by atomic mass is 9.84. The van der Waals surface area contributed by atoms with Gasteiger partial charge in [0.1, 0.15) is 17.1 Å². The normalized spacial score (nSPS) is 29.6. The number of carbonyl (C=O) groups excluding carboxylic acids is 2. The summed E-state index contributed by atoms with van der Waals surface area (Å²) in [4.78, 5) is 25.5. The maximum Gasteiger partial charge on any atom is 0.224 e. The molecule has 28 heavy (non-hydrogen) atoms. The summed E-state index contributed by atoms with van der Waals surface area (Å²) in [5.41, 5.74) is 1.20. The summed E-state index contributed by atoms with van der Waals surface area (Å²) in [6.45, 7) is 0.494. The molecule has 0 radical (unpaired) electrons. The summed E-state index contributed by atoms with van der Waals surface area (Å²) >= 11 is 0. The van der Waals surface area contributed by atoms with Gasteiger partial charge in [-0.25, -0.2) is 0 Å². The highest BCUT2D eigenvalue weighted by atomic mass is 16.5. The van der Waals surface area contributed by atoms with E-state index in [1.807, 2.05) is 48.5 Å². The number of benzene rings is 2. The van der Waals surface area contributed by atoms with Crippen molar-refractivity contribution in [2.24, 2.45) is 17.8 Å². The summed E-state index contributed by atoms with van der Waals surface area (Å²) in [7, 11) is 1.63. The molecule has 4 unspecified atom stereocenters. The first-order valence-electron chi connectivity index (χ1n) is 9.83. The van der Waals surface area contributed by atoms with Crippen LogP contribution < -0.4 is 14.8 Å².